The molecule has 1 aromatic rings. The first kappa shape index (κ1) is 8.89. The summed E-state index contributed by atoms with van der Waals surface area (Å²) in [5.41, 5.74) is 2.56. The Morgan fingerprint density at radius 2 is 2.08 bits per heavy atom. The van der Waals surface area contributed by atoms with Crippen molar-refractivity contribution in [1.29, 1.82) is 0 Å². The largest absolute Gasteiger partial charge is 0.379 e. The number of fused-ring (bicyclic) bond motifs is 1. The van der Waals surface area contributed by atoms with Gasteiger partial charge >= 0.3 is 0 Å². The highest BCUT2D eigenvalue weighted by Crippen LogP contribution is 2.45. The van der Waals surface area contributed by atoms with Crippen molar-refractivity contribution in [3.8, 4) is 0 Å². The van der Waals surface area contributed by atoms with Crippen molar-refractivity contribution in [3.05, 3.63) is 28.8 Å². The Labute approximate surface area is 84.1 Å². The van der Waals surface area contributed by atoms with Gasteiger partial charge in [-0.3, -0.25) is 0 Å². The van der Waals surface area contributed by atoms with Gasteiger partial charge in [0.15, 0.2) is 0 Å². The SMILES string of the molecule is CC1c2c(Cl)cccc2NC1(C)C. The molecule has 70 valence electrons. The predicted molar refractivity (Wildman–Crippen MR) is 57.6 cm³/mol. The highest BCUT2D eigenvalue weighted by molar-refractivity contribution is 6.32. The molecule has 1 aromatic carbocycles. The standard InChI is InChI=1S/C11H14ClN/c1-7-10-8(12)5-4-6-9(10)13-11(7,2)3/h4-7,13H,1-3H3. The summed E-state index contributed by atoms with van der Waals surface area (Å²) in [7, 11) is 0. The van der Waals surface area contributed by atoms with Crippen molar-refractivity contribution < 1.29 is 0 Å². The molecule has 0 spiro atoms. The average Bonchev–Trinajstić information content (AvgIpc) is 2.24. The number of benzene rings is 1. The fraction of sp³-hybridized carbons (Fsp3) is 0.455. The molecule has 0 saturated heterocycles. The summed E-state index contributed by atoms with van der Waals surface area (Å²) in [6.45, 7) is 6.62. The topological polar surface area (TPSA) is 12.0 Å². The van der Waals surface area contributed by atoms with Crippen LogP contribution in [0.5, 0.6) is 0 Å². The van der Waals surface area contributed by atoms with E-state index in [-0.39, 0.29) is 5.54 Å². The van der Waals surface area contributed by atoms with Crippen molar-refractivity contribution in [3.63, 3.8) is 0 Å². The number of hydrogen-bond acceptors (Lipinski definition) is 1. The van der Waals surface area contributed by atoms with Crippen molar-refractivity contribution in [2.75, 3.05) is 5.32 Å². The molecule has 0 aromatic heterocycles. The van der Waals surface area contributed by atoms with Crippen LogP contribution in [0.4, 0.5) is 5.69 Å². The Hall–Kier alpha value is -0.690. The minimum Gasteiger partial charge on any atom is -0.379 e. The first-order valence-electron chi connectivity index (χ1n) is 4.59. The zero-order valence-electron chi connectivity index (χ0n) is 8.19. The van der Waals surface area contributed by atoms with Crippen LogP contribution in [-0.4, -0.2) is 5.54 Å². The minimum absolute atomic E-state index is 0.118. The van der Waals surface area contributed by atoms with Crippen LogP contribution in [0.2, 0.25) is 5.02 Å². The van der Waals surface area contributed by atoms with Gasteiger partial charge in [-0.05, 0) is 31.5 Å². The number of halogens is 1. The van der Waals surface area contributed by atoms with Crippen molar-refractivity contribution in [2.45, 2.75) is 32.2 Å². The molecular weight excluding hydrogens is 182 g/mol. The number of hydrogen-bond donors (Lipinski definition) is 1. The molecule has 1 aliphatic heterocycles. The van der Waals surface area contributed by atoms with Crippen LogP contribution in [0, 0.1) is 0 Å². The predicted octanol–water partition coefficient (Wildman–Crippen LogP) is 3.65. The van der Waals surface area contributed by atoms with Gasteiger partial charge in [-0.15, -0.1) is 0 Å². The molecular formula is C11H14ClN. The molecule has 2 heteroatoms. The van der Waals surface area contributed by atoms with Crippen LogP contribution in [0.25, 0.3) is 0 Å². The highest BCUT2D eigenvalue weighted by atomic mass is 35.5. The second-order valence-corrected chi connectivity index (χ2v) is 4.68. The van der Waals surface area contributed by atoms with E-state index in [1.165, 1.54) is 11.3 Å². The molecule has 0 amide bonds. The van der Waals surface area contributed by atoms with Gasteiger partial charge in [0.05, 0.1) is 0 Å². The van der Waals surface area contributed by atoms with Crippen LogP contribution >= 0.6 is 11.6 Å². The van der Waals surface area contributed by atoms with E-state index >= 15 is 0 Å². The molecule has 0 radical (unpaired) electrons. The molecule has 1 atom stereocenters. The van der Waals surface area contributed by atoms with Crippen LogP contribution in [-0.2, 0) is 0 Å². The summed E-state index contributed by atoms with van der Waals surface area (Å²) >= 11 is 6.15. The molecule has 1 unspecified atom stereocenters. The number of nitrogens with one attached hydrogen (secondary N) is 1. The quantitative estimate of drug-likeness (QED) is 0.667. The maximum Gasteiger partial charge on any atom is 0.0462 e. The second kappa shape index (κ2) is 2.65. The smallest absolute Gasteiger partial charge is 0.0462 e. The summed E-state index contributed by atoms with van der Waals surface area (Å²) in [6, 6.07) is 6.04. The molecule has 1 heterocycles. The number of anilines is 1. The third-order valence-electron chi connectivity index (χ3n) is 3.03. The van der Waals surface area contributed by atoms with E-state index in [1.54, 1.807) is 0 Å². The monoisotopic (exact) mass is 195 g/mol. The van der Waals surface area contributed by atoms with Gasteiger partial charge in [-0.1, -0.05) is 24.6 Å². The van der Waals surface area contributed by atoms with Gasteiger partial charge in [0.25, 0.3) is 0 Å². The highest BCUT2D eigenvalue weighted by Gasteiger charge is 2.36. The third kappa shape index (κ3) is 1.22. The maximum absolute atomic E-state index is 6.15. The van der Waals surface area contributed by atoms with Gasteiger partial charge in [0.2, 0.25) is 0 Å². The molecule has 0 bridgehead atoms. The lowest BCUT2D eigenvalue weighted by molar-refractivity contribution is 0.503. The summed E-state index contributed by atoms with van der Waals surface area (Å²) in [4.78, 5) is 0. The van der Waals surface area contributed by atoms with Gasteiger partial charge in [0.1, 0.15) is 0 Å². The van der Waals surface area contributed by atoms with E-state index in [4.69, 9.17) is 11.6 Å². The van der Waals surface area contributed by atoms with Crippen LogP contribution in [0.1, 0.15) is 32.3 Å². The average molecular weight is 196 g/mol. The fourth-order valence-corrected chi connectivity index (χ4v) is 2.24. The van der Waals surface area contributed by atoms with E-state index in [1.807, 2.05) is 12.1 Å². The Balaban J connectivity index is 2.57. The van der Waals surface area contributed by atoms with E-state index in [0.29, 0.717) is 5.92 Å². The molecule has 1 aliphatic rings. The van der Waals surface area contributed by atoms with Gasteiger partial charge in [-0.25, -0.2) is 0 Å². The van der Waals surface area contributed by atoms with E-state index < -0.39 is 0 Å². The molecule has 13 heavy (non-hydrogen) atoms. The van der Waals surface area contributed by atoms with Gasteiger partial charge < -0.3 is 5.32 Å². The summed E-state index contributed by atoms with van der Waals surface area (Å²) in [6.07, 6.45) is 0. The van der Waals surface area contributed by atoms with E-state index in [0.717, 1.165) is 5.02 Å². The lowest BCUT2D eigenvalue weighted by Gasteiger charge is -2.24. The third-order valence-corrected chi connectivity index (χ3v) is 3.35. The Bertz CT molecular complexity index is 344. The number of rotatable bonds is 0. The summed E-state index contributed by atoms with van der Waals surface area (Å²) in [5, 5.41) is 4.36. The molecule has 1 N–H and O–H groups in total. The van der Waals surface area contributed by atoms with Crippen molar-refractivity contribution in [1.82, 2.24) is 0 Å². The van der Waals surface area contributed by atoms with Crippen LogP contribution < -0.4 is 5.32 Å². The Morgan fingerprint density at radius 1 is 1.38 bits per heavy atom. The van der Waals surface area contributed by atoms with Crippen molar-refractivity contribution in [2.24, 2.45) is 0 Å². The normalized spacial score (nSPS) is 23.8. The molecule has 0 fully saturated rings. The first-order valence-corrected chi connectivity index (χ1v) is 4.97. The molecule has 2 rings (SSSR count). The zero-order chi connectivity index (χ0) is 9.64. The van der Waals surface area contributed by atoms with Gasteiger partial charge in [0, 0.05) is 22.2 Å². The maximum atomic E-state index is 6.15. The summed E-state index contributed by atoms with van der Waals surface area (Å²) < 4.78 is 0. The second-order valence-electron chi connectivity index (χ2n) is 4.27. The minimum atomic E-state index is 0.118. The van der Waals surface area contributed by atoms with E-state index in [2.05, 4.69) is 32.2 Å². The summed E-state index contributed by atoms with van der Waals surface area (Å²) in [5.74, 6) is 0.469. The lowest BCUT2D eigenvalue weighted by atomic mass is 9.88. The van der Waals surface area contributed by atoms with E-state index in [9.17, 15) is 0 Å². The van der Waals surface area contributed by atoms with Crippen LogP contribution in [0.15, 0.2) is 18.2 Å². The Kier molecular flexibility index (Phi) is 1.81. The van der Waals surface area contributed by atoms with Gasteiger partial charge in [-0.2, -0.15) is 0 Å². The fourth-order valence-electron chi connectivity index (χ4n) is 1.90. The molecule has 0 saturated carbocycles. The molecule has 0 aliphatic carbocycles. The first-order chi connectivity index (χ1) is 6.02. The lowest BCUT2D eigenvalue weighted by Crippen LogP contribution is -2.30. The zero-order valence-corrected chi connectivity index (χ0v) is 8.94. The molecule has 1 nitrogen and oxygen atoms in total. The van der Waals surface area contributed by atoms with Crippen LogP contribution in [0.3, 0.4) is 0 Å². The Morgan fingerprint density at radius 3 is 2.69 bits per heavy atom. The van der Waals surface area contributed by atoms with Crippen molar-refractivity contribution >= 4 is 17.3 Å².